The number of carbonyl (C=O) groups is 2. The van der Waals surface area contributed by atoms with Crippen molar-refractivity contribution in [1.29, 1.82) is 0 Å². The number of anilines is 1. The quantitative estimate of drug-likeness (QED) is 0.529. The molecule has 0 fully saturated rings. The summed E-state index contributed by atoms with van der Waals surface area (Å²) in [6, 6.07) is 18.3. The summed E-state index contributed by atoms with van der Waals surface area (Å²) in [6.45, 7) is -0.00137. The molecule has 0 saturated heterocycles. The van der Waals surface area contributed by atoms with Crippen LogP contribution in [-0.2, 0) is 11.3 Å². The number of aromatic nitrogens is 1. The Kier molecular flexibility index (Phi) is 5.52. The molecule has 30 heavy (non-hydrogen) atoms. The predicted molar refractivity (Wildman–Crippen MR) is 110 cm³/mol. The summed E-state index contributed by atoms with van der Waals surface area (Å²) in [5.74, 6) is -1.04. The third-order valence-electron chi connectivity index (χ3n) is 4.57. The maximum atomic E-state index is 13.0. The van der Waals surface area contributed by atoms with Crippen LogP contribution in [0.5, 0.6) is 0 Å². The van der Waals surface area contributed by atoms with Crippen molar-refractivity contribution < 1.29 is 18.4 Å². The van der Waals surface area contributed by atoms with Crippen molar-refractivity contribution in [2.24, 2.45) is 0 Å². The van der Waals surface area contributed by atoms with E-state index in [1.165, 1.54) is 23.3 Å². The van der Waals surface area contributed by atoms with Gasteiger partial charge in [-0.15, -0.1) is 0 Å². The zero-order chi connectivity index (χ0) is 20.9. The fraction of sp³-hybridized carbons (Fsp3) is 0.0870. The van der Waals surface area contributed by atoms with Gasteiger partial charge in [0.1, 0.15) is 12.4 Å². The van der Waals surface area contributed by atoms with Crippen LogP contribution in [-0.4, -0.2) is 23.3 Å². The summed E-state index contributed by atoms with van der Waals surface area (Å²) in [4.78, 5) is 31.2. The zero-order valence-electron chi connectivity index (χ0n) is 15.9. The van der Waals surface area contributed by atoms with Crippen molar-refractivity contribution in [3.8, 4) is 0 Å². The minimum atomic E-state index is -0.450. The molecule has 0 bridgehead atoms. The average Bonchev–Trinajstić information content (AvgIpc) is 3.31. The maximum absolute atomic E-state index is 13.0. The largest absolute Gasteiger partial charge is 0.459 e. The normalized spacial score (nSPS) is 10.7. The van der Waals surface area contributed by atoms with E-state index in [1.807, 2.05) is 24.3 Å². The van der Waals surface area contributed by atoms with Crippen LogP contribution in [0.3, 0.4) is 0 Å². The number of fused-ring (bicyclic) bond motifs is 1. The summed E-state index contributed by atoms with van der Waals surface area (Å²) >= 11 is 0. The van der Waals surface area contributed by atoms with E-state index in [9.17, 15) is 14.0 Å². The van der Waals surface area contributed by atoms with Gasteiger partial charge in [0.2, 0.25) is 5.91 Å². The second-order valence-electron chi connectivity index (χ2n) is 6.66. The van der Waals surface area contributed by atoms with E-state index >= 15 is 0 Å². The summed E-state index contributed by atoms with van der Waals surface area (Å²) in [5, 5.41) is 3.60. The van der Waals surface area contributed by atoms with Crippen molar-refractivity contribution >= 4 is 28.4 Å². The van der Waals surface area contributed by atoms with Crippen molar-refractivity contribution in [1.82, 2.24) is 10.3 Å². The monoisotopic (exact) mass is 403 g/mol. The first-order valence-corrected chi connectivity index (χ1v) is 9.31. The van der Waals surface area contributed by atoms with Gasteiger partial charge in [-0.3, -0.25) is 19.5 Å². The highest BCUT2D eigenvalue weighted by Gasteiger charge is 2.23. The van der Waals surface area contributed by atoms with Crippen molar-refractivity contribution in [2.75, 3.05) is 11.4 Å². The molecule has 0 unspecified atom stereocenters. The number of nitrogens with zero attached hydrogens (tertiary/aromatic N) is 2. The zero-order valence-corrected chi connectivity index (χ0v) is 15.9. The third kappa shape index (κ3) is 4.35. The number of pyridine rings is 1. The van der Waals surface area contributed by atoms with E-state index in [0.717, 1.165) is 16.5 Å². The molecule has 2 amide bonds. The average molecular weight is 403 g/mol. The van der Waals surface area contributed by atoms with Crippen molar-refractivity contribution in [3.63, 3.8) is 0 Å². The lowest BCUT2D eigenvalue weighted by molar-refractivity contribution is -0.119. The first-order valence-electron chi connectivity index (χ1n) is 9.31. The molecule has 0 aliphatic heterocycles. The van der Waals surface area contributed by atoms with Gasteiger partial charge in [-0.2, -0.15) is 0 Å². The second-order valence-corrected chi connectivity index (χ2v) is 6.66. The van der Waals surface area contributed by atoms with Gasteiger partial charge in [-0.25, -0.2) is 4.39 Å². The molecule has 2 aromatic heterocycles. The molecule has 1 N–H and O–H groups in total. The molecule has 7 heteroatoms. The fourth-order valence-corrected chi connectivity index (χ4v) is 3.02. The Hall–Kier alpha value is -4.00. The molecule has 0 radical (unpaired) electrons. The van der Waals surface area contributed by atoms with Gasteiger partial charge < -0.3 is 9.73 Å². The molecule has 0 aliphatic carbocycles. The van der Waals surface area contributed by atoms with Crippen molar-refractivity contribution in [2.45, 2.75) is 6.54 Å². The Bertz CT molecular complexity index is 1170. The van der Waals surface area contributed by atoms with Crippen LogP contribution in [0.4, 0.5) is 10.1 Å². The number of carbonyl (C=O) groups excluding carboxylic acids is 2. The number of amides is 2. The van der Waals surface area contributed by atoms with Crippen LogP contribution in [0.15, 0.2) is 83.6 Å². The minimum absolute atomic E-state index is 0.120. The van der Waals surface area contributed by atoms with Gasteiger partial charge in [-0.05, 0) is 42.0 Å². The van der Waals surface area contributed by atoms with Crippen LogP contribution < -0.4 is 10.2 Å². The number of nitrogens with one attached hydrogen (secondary N) is 1. The Balaban J connectivity index is 1.55. The SMILES string of the molecule is O=C(CN(C(=O)c1ccco1)c1cnc2ccccc2c1)NCc1ccc(F)cc1. The number of rotatable bonds is 6. The molecule has 2 heterocycles. The van der Waals surface area contributed by atoms with Crippen molar-refractivity contribution in [3.05, 3.63) is 96.3 Å². The molecule has 2 aromatic carbocycles. The van der Waals surface area contributed by atoms with Gasteiger partial charge in [0.25, 0.3) is 5.91 Å². The molecule has 0 aliphatic rings. The van der Waals surface area contributed by atoms with Gasteiger partial charge in [-0.1, -0.05) is 30.3 Å². The predicted octanol–water partition coefficient (Wildman–Crippen LogP) is 3.93. The van der Waals surface area contributed by atoms with E-state index in [0.29, 0.717) is 5.69 Å². The van der Waals surface area contributed by atoms with Crippen LogP contribution in [0.25, 0.3) is 10.9 Å². The van der Waals surface area contributed by atoms with Gasteiger partial charge in [0, 0.05) is 11.9 Å². The van der Waals surface area contributed by atoms with E-state index in [-0.39, 0.29) is 30.6 Å². The number of benzene rings is 2. The molecule has 0 atom stereocenters. The molecular weight excluding hydrogens is 385 g/mol. The second kappa shape index (κ2) is 8.57. The Morgan fingerprint density at radius 1 is 1.03 bits per heavy atom. The highest BCUT2D eigenvalue weighted by molar-refractivity contribution is 6.07. The fourth-order valence-electron chi connectivity index (χ4n) is 3.02. The number of hydrogen-bond acceptors (Lipinski definition) is 4. The Morgan fingerprint density at radius 2 is 1.83 bits per heavy atom. The van der Waals surface area contributed by atoms with Crippen LogP contribution in [0, 0.1) is 5.82 Å². The minimum Gasteiger partial charge on any atom is -0.459 e. The smallest absolute Gasteiger partial charge is 0.294 e. The molecule has 0 saturated carbocycles. The van der Waals surface area contributed by atoms with E-state index in [2.05, 4.69) is 10.3 Å². The molecular formula is C23H18FN3O3. The number of hydrogen-bond donors (Lipinski definition) is 1. The summed E-state index contributed by atoms with van der Waals surface area (Å²) in [7, 11) is 0. The Labute approximate surface area is 171 Å². The first kappa shape index (κ1) is 19.3. The lowest BCUT2D eigenvalue weighted by Gasteiger charge is -2.21. The van der Waals surface area contributed by atoms with E-state index in [1.54, 1.807) is 36.5 Å². The Morgan fingerprint density at radius 3 is 2.60 bits per heavy atom. The van der Waals surface area contributed by atoms with E-state index in [4.69, 9.17) is 4.42 Å². The standard InChI is InChI=1S/C23H18FN3O3/c24-18-9-7-16(8-10-18)13-26-22(28)15-27(23(29)21-6-3-11-30-21)19-12-17-4-1-2-5-20(17)25-14-19/h1-12,14H,13,15H2,(H,26,28). The molecule has 6 nitrogen and oxygen atoms in total. The first-order chi connectivity index (χ1) is 14.6. The summed E-state index contributed by atoms with van der Waals surface area (Å²) in [5.41, 5.74) is 2.01. The number of para-hydroxylation sites is 1. The van der Waals surface area contributed by atoms with Gasteiger partial charge in [0.05, 0.1) is 23.7 Å². The lowest BCUT2D eigenvalue weighted by Crippen LogP contribution is -2.40. The van der Waals surface area contributed by atoms with E-state index < -0.39 is 5.91 Å². The molecule has 4 rings (SSSR count). The maximum Gasteiger partial charge on any atom is 0.294 e. The summed E-state index contributed by atoms with van der Waals surface area (Å²) in [6.07, 6.45) is 2.95. The number of halogens is 1. The van der Waals surface area contributed by atoms with Crippen LogP contribution in [0.1, 0.15) is 16.1 Å². The lowest BCUT2D eigenvalue weighted by atomic mass is 10.2. The molecule has 4 aromatic rings. The molecule has 0 spiro atoms. The van der Waals surface area contributed by atoms with Gasteiger partial charge in [0.15, 0.2) is 5.76 Å². The topological polar surface area (TPSA) is 75.4 Å². The highest BCUT2D eigenvalue weighted by atomic mass is 19.1. The summed E-state index contributed by atoms with van der Waals surface area (Å²) < 4.78 is 18.3. The van der Waals surface area contributed by atoms with Crippen LogP contribution in [0.2, 0.25) is 0 Å². The van der Waals surface area contributed by atoms with Gasteiger partial charge >= 0.3 is 0 Å². The highest BCUT2D eigenvalue weighted by Crippen LogP contribution is 2.22. The number of furan rings is 1. The van der Waals surface area contributed by atoms with Crippen LogP contribution >= 0.6 is 0 Å². The molecule has 150 valence electrons. The third-order valence-corrected chi connectivity index (χ3v) is 4.57.